The van der Waals surface area contributed by atoms with E-state index in [0.717, 1.165) is 6.54 Å². The van der Waals surface area contributed by atoms with Crippen molar-refractivity contribution in [3.05, 3.63) is 23.9 Å². The summed E-state index contributed by atoms with van der Waals surface area (Å²) in [5.41, 5.74) is -0.0801. The minimum atomic E-state index is -0.349. The lowest BCUT2D eigenvalue weighted by molar-refractivity contribution is -0.171. The molecule has 0 aliphatic carbocycles. The fourth-order valence-corrected chi connectivity index (χ4v) is 2.99. The van der Waals surface area contributed by atoms with Crippen LogP contribution in [0.4, 0.5) is 5.82 Å². The molecule has 0 saturated carbocycles. The van der Waals surface area contributed by atoms with Gasteiger partial charge in [0.25, 0.3) is 5.91 Å². The van der Waals surface area contributed by atoms with Crippen LogP contribution in [0.3, 0.4) is 0 Å². The van der Waals surface area contributed by atoms with Crippen LogP contribution in [0.15, 0.2) is 18.3 Å². The van der Waals surface area contributed by atoms with Gasteiger partial charge in [0.15, 0.2) is 0 Å². The third-order valence-electron chi connectivity index (χ3n) is 3.37. The van der Waals surface area contributed by atoms with Gasteiger partial charge >= 0.3 is 0 Å². The number of nitrogens with zero attached hydrogens (tertiary/aromatic N) is 2. The van der Waals surface area contributed by atoms with E-state index in [1.165, 1.54) is 0 Å². The smallest absolute Gasteiger partial charge is 0.257 e. The van der Waals surface area contributed by atoms with Crippen LogP contribution >= 0.6 is 0 Å². The lowest BCUT2D eigenvalue weighted by Crippen LogP contribution is -2.58. The predicted octanol–water partition coefficient (Wildman–Crippen LogP) is 2.54. The maximum atomic E-state index is 12.9. The molecule has 1 aromatic rings. The number of aromatic nitrogens is 1. The van der Waals surface area contributed by atoms with Crippen LogP contribution in [0, 0.1) is 0 Å². The van der Waals surface area contributed by atoms with Gasteiger partial charge in [-0.1, -0.05) is 0 Å². The number of carbonyl (C=O) groups is 1. The van der Waals surface area contributed by atoms with Crippen molar-refractivity contribution in [3.63, 3.8) is 0 Å². The molecule has 0 unspecified atom stereocenters. The van der Waals surface area contributed by atoms with E-state index in [9.17, 15) is 4.79 Å². The van der Waals surface area contributed by atoms with Gasteiger partial charge in [0, 0.05) is 25.8 Å². The number of hydrogen-bond acceptors (Lipinski definition) is 4. The van der Waals surface area contributed by atoms with E-state index < -0.39 is 0 Å². The first kappa shape index (κ1) is 15.8. The van der Waals surface area contributed by atoms with E-state index in [-0.39, 0.29) is 17.1 Å². The summed E-state index contributed by atoms with van der Waals surface area (Å²) in [6.45, 7) is 11.9. The highest BCUT2D eigenvalue weighted by atomic mass is 16.5. The van der Waals surface area contributed by atoms with Gasteiger partial charge < -0.3 is 15.0 Å². The molecule has 5 heteroatoms. The van der Waals surface area contributed by atoms with Gasteiger partial charge in [-0.2, -0.15) is 0 Å². The van der Waals surface area contributed by atoms with Gasteiger partial charge in [0.1, 0.15) is 5.82 Å². The molecule has 21 heavy (non-hydrogen) atoms. The minimum absolute atomic E-state index is 0.00324. The zero-order valence-corrected chi connectivity index (χ0v) is 13.6. The Morgan fingerprint density at radius 2 is 1.95 bits per heavy atom. The average molecular weight is 291 g/mol. The summed E-state index contributed by atoms with van der Waals surface area (Å²) in [5.74, 6) is 0.649. The van der Waals surface area contributed by atoms with Crippen LogP contribution in [0.1, 0.15) is 45.0 Å². The molecule has 0 bridgehead atoms. The summed E-state index contributed by atoms with van der Waals surface area (Å²) in [7, 11) is 0. The molecule has 1 aliphatic heterocycles. The van der Waals surface area contributed by atoms with Crippen LogP contribution in [0.5, 0.6) is 0 Å². The van der Waals surface area contributed by atoms with Crippen molar-refractivity contribution in [2.24, 2.45) is 0 Å². The molecule has 0 aromatic carbocycles. The topological polar surface area (TPSA) is 54.5 Å². The zero-order chi connectivity index (χ0) is 15.7. The van der Waals surface area contributed by atoms with Gasteiger partial charge in [-0.25, -0.2) is 4.98 Å². The molecule has 1 amide bonds. The molecule has 1 fully saturated rings. The van der Waals surface area contributed by atoms with Gasteiger partial charge in [0.05, 0.1) is 16.8 Å². The highest BCUT2D eigenvalue weighted by Gasteiger charge is 2.40. The van der Waals surface area contributed by atoms with Crippen LogP contribution < -0.4 is 5.32 Å². The molecule has 0 radical (unpaired) electrons. The van der Waals surface area contributed by atoms with Gasteiger partial charge in [-0.15, -0.1) is 0 Å². The van der Waals surface area contributed by atoms with E-state index in [2.05, 4.69) is 10.3 Å². The number of hydrogen-bond donors (Lipinski definition) is 1. The molecule has 2 rings (SSSR count). The summed E-state index contributed by atoms with van der Waals surface area (Å²) in [4.78, 5) is 19.0. The molecular weight excluding hydrogens is 266 g/mol. The molecule has 116 valence electrons. The normalized spacial score (nSPS) is 20.1. The van der Waals surface area contributed by atoms with E-state index in [0.29, 0.717) is 24.5 Å². The fraction of sp³-hybridized carbons (Fsp3) is 0.625. The van der Waals surface area contributed by atoms with E-state index >= 15 is 0 Å². The lowest BCUT2D eigenvalue weighted by Gasteiger charge is -2.47. The maximum absolute atomic E-state index is 12.9. The number of ether oxygens (including phenoxy) is 1. The Bertz CT molecular complexity index is 510. The highest BCUT2D eigenvalue weighted by molar-refractivity contribution is 5.98. The molecule has 0 spiro atoms. The van der Waals surface area contributed by atoms with E-state index in [1.807, 2.05) is 45.6 Å². The third kappa shape index (κ3) is 3.73. The summed E-state index contributed by atoms with van der Waals surface area (Å²) in [5, 5.41) is 3.15. The van der Waals surface area contributed by atoms with Gasteiger partial charge in [-0.05, 0) is 46.8 Å². The lowest BCUT2D eigenvalue weighted by atomic mass is 9.98. The SMILES string of the molecule is CCNc1ncccc1C(=O)N1CC(C)(C)OC(C)(C)C1. The number of rotatable bonds is 3. The second kappa shape index (κ2) is 5.64. The molecule has 0 atom stereocenters. The van der Waals surface area contributed by atoms with Crippen molar-refractivity contribution in [2.75, 3.05) is 25.0 Å². The zero-order valence-electron chi connectivity index (χ0n) is 13.6. The largest absolute Gasteiger partial charge is 0.370 e. The Hall–Kier alpha value is -1.62. The Labute approximate surface area is 126 Å². The second-order valence-corrected chi connectivity index (χ2v) is 6.71. The van der Waals surface area contributed by atoms with Crippen molar-refractivity contribution in [2.45, 2.75) is 45.8 Å². The Morgan fingerprint density at radius 3 is 2.52 bits per heavy atom. The summed E-state index contributed by atoms with van der Waals surface area (Å²) < 4.78 is 6.03. The van der Waals surface area contributed by atoms with Gasteiger partial charge in [-0.3, -0.25) is 4.79 Å². The number of nitrogens with one attached hydrogen (secondary N) is 1. The first-order valence-electron chi connectivity index (χ1n) is 7.42. The van der Waals surface area contributed by atoms with Crippen LogP contribution in [-0.4, -0.2) is 46.6 Å². The number of morpholine rings is 1. The van der Waals surface area contributed by atoms with Gasteiger partial charge in [0.2, 0.25) is 0 Å². The number of amides is 1. The first-order valence-corrected chi connectivity index (χ1v) is 7.42. The monoisotopic (exact) mass is 291 g/mol. The molecular formula is C16H25N3O2. The Kier molecular flexibility index (Phi) is 4.23. The Morgan fingerprint density at radius 1 is 1.33 bits per heavy atom. The molecule has 2 heterocycles. The van der Waals surface area contributed by atoms with Crippen LogP contribution in [0.2, 0.25) is 0 Å². The fourth-order valence-electron chi connectivity index (χ4n) is 2.99. The number of carbonyl (C=O) groups excluding carboxylic acids is 1. The predicted molar refractivity (Wildman–Crippen MR) is 83.5 cm³/mol. The van der Waals surface area contributed by atoms with Crippen LogP contribution in [0.25, 0.3) is 0 Å². The highest BCUT2D eigenvalue weighted by Crippen LogP contribution is 2.29. The van der Waals surface area contributed by atoms with E-state index in [4.69, 9.17) is 4.74 Å². The Balaban J connectivity index is 2.27. The molecule has 5 nitrogen and oxygen atoms in total. The first-order chi connectivity index (χ1) is 9.74. The average Bonchev–Trinajstić information content (AvgIpc) is 2.35. The van der Waals surface area contributed by atoms with Crippen molar-refractivity contribution in [1.82, 2.24) is 9.88 Å². The van der Waals surface area contributed by atoms with Crippen molar-refractivity contribution in [3.8, 4) is 0 Å². The molecule has 1 aliphatic rings. The number of anilines is 1. The molecule has 1 N–H and O–H groups in total. The summed E-state index contributed by atoms with van der Waals surface area (Å²) in [6.07, 6.45) is 1.70. The van der Waals surface area contributed by atoms with Crippen molar-refractivity contribution >= 4 is 11.7 Å². The quantitative estimate of drug-likeness (QED) is 0.930. The van der Waals surface area contributed by atoms with Crippen molar-refractivity contribution in [1.29, 1.82) is 0 Å². The second-order valence-electron chi connectivity index (χ2n) is 6.71. The summed E-state index contributed by atoms with van der Waals surface area (Å²) in [6, 6.07) is 3.62. The molecule has 1 aromatic heterocycles. The van der Waals surface area contributed by atoms with Crippen LogP contribution in [-0.2, 0) is 4.74 Å². The summed E-state index contributed by atoms with van der Waals surface area (Å²) >= 11 is 0. The minimum Gasteiger partial charge on any atom is -0.370 e. The van der Waals surface area contributed by atoms with E-state index in [1.54, 1.807) is 12.3 Å². The maximum Gasteiger partial charge on any atom is 0.257 e. The van der Waals surface area contributed by atoms with Crippen molar-refractivity contribution < 1.29 is 9.53 Å². The molecule has 1 saturated heterocycles. The third-order valence-corrected chi connectivity index (χ3v) is 3.37. The standard InChI is InChI=1S/C16H25N3O2/c1-6-17-13-12(8-7-9-18-13)14(20)19-10-15(2,3)21-16(4,5)11-19/h7-9H,6,10-11H2,1-5H3,(H,17,18). The number of pyridine rings is 1.